The van der Waals surface area contributed by atoms with E-state index < -0.39 is 0 Å². The molecule has 7 heteroatoms. The molecule has 0 atom stereocenters. The molecule has 1 rings (SSSR count). The van der Waals surface area contributed by atoms with Gasteiger partial charge in [-0.25, -0.2) is 0 Å². The normalized spacial score (nSPS) is 10.1. The summed E-state index contributed by atoms with van der Waals surface area (Å²) in [6.45, 7) is 3.38. The van der Waals surface area contributed by atoms with Gasteiger partial charge in [-0.05, 0) is 33.3 Å². The number of carbonyl (C=O) groups is 1. The minimum absolute atomic E-state index is 0. The Morgan fingerprint density at radius 2 is 1.76 bits per heavy atom. The maximum atomic E-state index is 11.9. The van der Waals surface area contributed by atoms with Crippen LogP contribution in [0.5, 0.6) is 0 Å². The third kappa shape index (κ3) is 7.61. The minimum Gasteiger partial charge on any atom is -1.00 e. The molecule has 1 aromatic rings. The van der Waals surface area contributed by atoms with Gasteiger partial charge in [-0.15, -0.1) is 0 Å². The molecule has 1 aromatic carbocycles. The van der Waals surface area contributed by atoms with Gasteiger partial charge in [0.2, 0.25) is 5.39 Å². The molecule has 0 unspecified atom stereocenters. The topological polar surface area (TPSA) is 63.7 Å². The number of benzene rings is 1. The smallest absolute Gasteiger partial charge is 0.385 e. The molecule has 1 amide bonds. The Bertz CT molecular complexity index is 469. The van der Waals surface area contributed by atoms with Gasteiger partial charge < -0.3 is 27.5 Å². The van der Waals surface area contributed by atoms with Gasteiger partial charge in [-0.2, -0.15) is 0 Å². The van der Waals surface area contributed by atoms with Crippen LogP contribution in [0.15, 0.2) is 24.3 Å². The van der Waals surface area contributed by atoms with Gasteiger partial charge in [-0.1, -0.05) is 0 Å². The van der Waals surface area contributed by atoms with E-state index in [1.165, 1.54) is 0 Å². The van der Waals surface area contributed by atoms with E-state index in [2.05, 4.69) is 20.1 Å². The Morgan fingerprint density at radius 3 is 2.29 bits per heavy atom. The highest BCUT2D eigenvalue weighted by molar-refractivity contribution is 5.94. The Morgan fingerprint density at radius 1 is 1.14 bits per heavy atom. The van der Waals surface area contributed by atoms with E-state index in [4.69, 9.17) is 5.39 Å². The number of likely N-dealkylation sites (N-methyl/N-ethyl adjacent to an activating group) is 2. The second kappa shape index (κ2) is 10.1. The van der Waals surface area contributed by atoms with Crippen molar-refractivity contribution in [1.82, 2.24) is 15.1 Å². The van der Waals surface area contributed by atoms with E-state index in [0.717, 1.165) is 19.6 Å². The third-order valence-electron chi connectivity index (χ3n) is 2.95. The lowest BCUT2D eigenvalue weighted by Crippen LogP contribution is -3.00. The second-order valence-electron chi connectivity index (χ2n) is 5.01. The lowest BCUT2D eigenvalue weighted by Gasteiger charge is -2.19. The van der Waals surface area contributed by atoms with E-state index in [9.17, 15) is 4.79 Å². The highest BCUT2D eigenvalue weighted by atomic mass is 35.5. The zero-order chi connectivity index (χ0) is 15.0. The highest BCUT2D eigenvalue weighted by Crippen LogP contribution is 2.12. The Kier molecular flexibility index (Phi) is 9.30. The van der Waals surface area contributed by atoms with Crippen LogP contribution in [0.25, 0.3) is 4.98 Å². The van der Waals surface area contributed by atoms with Crippen LogP contribution in [-0.2, 0) is 0 Å². The SMILES string of the molecule is CN(C)CCN(C)CCNC(=O)c1ccc([N+]#N)cc1.[Cl-]. The molecule has 6 nitrogen and oxygen atoms in total. The zero-order valence-corrected chi connectivity index (χ0v) is 13.5. The molecular weight excluding hydrogens is 290 g/mol. The molecule has 0 bridgehead atoms. The van der Waals surface area contributed by atoms with Crippen molar-refractivity contribution in [2.45, 2.75) is 0 Å². The van der Waals surface area contributed by atoms with Crippen LogP contribution in [-0.4, -0.2) is 63.0 Å². The van der Waals surface area contributed by atoms with Gasteiger partial charge in [-0.3, -0.25) is 4.79 Å². The van der Waals surface area contributed by atoms with Gasteiger partial charge in [0.1, 0.15) is 0 Å². The lowest BCUT2D eigenvalue weighted by molar-refractivity contribution is -0.0000130. The Hall–Kier alpha value is -1.68. The average Bonchev–Trinajstić information content (AvgIpc) is 2.45. The first-order valence-electron chi connectivity index (χ1n) is 6.59. The van der Waals surface area contributed by atoms with Crippen molar-refractivity contribution in [1.29, 1.82) is 5.39 Å². The number of rotatable bonds is 7. The fourth-order valence-corrected chi connectivity index (χ4v) is 1.62. The summed E-state index contributed by atoms with van der Waals surface area (Å²) in [6, 6.07) is 6.47. The number of halogens is 1. The molecule has 116 valence electrons. The summed E-state index contributed by atoms with van der Waals surface area (Å²) in [6.07, 6.45) is 0. The van der Waals surface area contributed by atoms with Crippen LogP contribution in [0.2, 0.25) is 0 Å². The van der Waals surface area contributed by atoms with Crippen molar-refractivity contribution >= 4 is 11.6 Å². The summed E-state index contributed by atoms with van der Waals surface area (Å²) in [4.78, 5) is 19.2. The van der Waals surface area contributed by atoms with Gasteiger partial charge in [0.25, 0.3) is 5.91 Å². The average molecular weight is 312 g/mol. The number of nitrogens with one attached hydrogen (secondary N) is 1. The summed E-state index contributed by atoms with van der Waals surface area (Å²) >= 11 is 0. The molecule has 0 spiro atoms. The van der Waals surface area contributed by atoms with Crippen molar-refractivity contribution in [3.63, 3.8) is 0 Å². The summed E-state index contributed by atoms with van der Waals surface area (Å²) in [5.41, 5.74) is 0.998. The van der Waals surface area contributed by atoms with E-state index in [0.29, 0.717) is 17.8 Å². The van der Waals surface area contributed by atoms with Crippen LogP contribution in [0.4, 0.5) is 5.69 Å². The number of hydrogen-bond donors (Lipinski definition) is 1. The maximum Gasteiger partial charge on any atom is 0.385 e. The van der Waals surface area contributed by atoms with Crippen molar-refractivity contribution in [3.05, 3.63) is 34.8 Å². The monoisotopic (exact) mass is 311 g/mol. The van der Waals surface area contributed by atoms with Gasteiger partial charge in [0.15, 0.2) is 4.98 Å². The van der Waals surface area contributed by atoms with Crippen LogP contribution in [0.1, 0.15) is 10.4 Å². The van der Waals surface area contributed by atoms with Crippen LogP contribution in [0.3, 0.4) is 0 Å². The van der Waals surface area contributed by atoms with E-state index in [1.54, 1.807) is 24.3 Å². The molecule has 0 fully saturated rings. The maximum absolute atomic E-state index is 11.9. The van der Waals surface area contributed by atoms with Crippen molar-refractivity contribution in [3.8, 4) is 0 Å². The van der Waals surface area contributed by atoms with Crippen LogP contribution < -0.4 is 17.7 Å². The third-order valence-corrected chi connectivity index (χ3v) is 2.95. The number of diazo groups is 1. The molecule has 0 aliphatic heterocycles. The first kappa shape index (κ1) is 19.3. The molecule has 1 N–H and O–H groups in total. The van der Waals surface area contributed by atoms with Gasteiger partial charge in [0.05, 0.1) is 0 Å². The second-order valence-corrected chi connectivity index (χ2v) is 5.01. The van der Waals surface area contributed by atoms with Gasteiger partial charge >= 0.3 is 5.69 Å². The molecule has 0 aliphatic carbocycles. The van der Waals surface area contributed by atoms with Crippen molar-refractivity contribution in [2.24, 2.45) is 0 Å². The van der Waals surface area contributed by atoms with E-state index >= 15 is 0 Å². The molecule has 0 saturated carbocycles. The number of amides is 1. The zero-order valence-electron chi connectivity index (χ0n) is 12.7. The largest absolute Gasteiger partial charge is 1.00 e. The Labute approximate surface area is 132 Å². The van der Waals surface area contributed by atoms with Crippen molar-refractivity contribution < 1.29 is 17.2 Å². The fraction of sp³-hybridized carbons (Fsp3) is 0.500. The molecule has 0 radical (unpaired) electrons. The van der Waals surface area contributed by atoms with Crippen molar-refractivity contribution in [2.75, 3.05) is 47.3 Å². The van der Waals surface area contributed by atoms with Crippen LogP contribution in [0, 0.1) is 5.39 Å². The molecule has 0 aliphatic rings. The summed E-state index contributed by atoms with van der Waals surface area (Å²) in [7, 11) is 6.11. The molecular formula is C14H22ClN5O. The summed E-state index contributed by atoms with van der Waals surface area (Å²) in [5, 5.41) is 11.4. The first-order valence-corrected chi connectivity index (χ1v) is 6.59. The number of hydrogen-bond acceptors (Lipinski definition) is 4. The van der Waals surface area contributed by atoms with E-state index in [1.807, 2.05) is 21.1 Å². The molecule has 0 heterocycles. The lowest BCUT2D eigenvalue weighted by atomic mass is 10.2. The predicted molar refractivity (Wildman–Crippen MR) is 79.6 cm³/mol. The van der Waals surface area contributed by atoms with E-state index in [-0.39, 0.29) is 18.3 Å². The molecule has 21 heavy (non-hydrogen) atoms. The standard InChI is InChI=1S/C14H21N5O.ClH/c1-18(2)10-11-19(3)9-8-16-14(20)12-4-6-13(17-15)7-5-12;/h4-7H,8-11H2,1-3H3;1H. The molecule has 0 saturated heterocycles. The number of carbonyl (C=O) groups excluding carboxylic acids is 1. The molecule has 0 aromatic heterocycles. The highest BCUT2D eigenvalue weighted by Gasteiger charge is 2.08. The summed E-state index contributed by atoms with van der Waals surface area (Å²) < 4.78 is 0. The minimum atomic E-state index is -0.115. The fourth-order valence-electron chi connectivity index (χ4n) is 1.62. The quantitative estimate of drug-likeness (QED) is 0.616. The Balaban J connectivity index is 0.00000400. The number of nitrogens with zero attached hydrogens (tertiary/aromatic N) is 4. The predicted octanol–water partition coefficient (Wildman–Crippen LogP) is -1.60. The van der Waals surface area contributed by atoms with Crippen LogP contribution >= 0.6 is 0 Å². The summed E-state index contributed by atoms with van der Waals surface area (Å²) in [5.74, 6) is -0.115. The van der Waals surface area contributed by atoms with Gasteiger partial charge in [0, 0.05) is 43.9 Å². The first-order chi connectivity index (χ1) is 9.52.